The van der Waals surface area contributed by atoms with Crippen molar-refractivity contribution in [2.45, 2.75) is 96.8 Å². The largest absolute Gasteiger partial charge is 0.462 e. The standard InChI is InChI=1S/C39H50O3/c1-4-7-8-10-29-12-15-32(16-13-29)33-17-19-34(20-18-33)37-23-21-35(28-31(37)5-2)38-22-14-30(11-9-25-40)27-36(38)24-26-42-39(41)6-3/h6,14,17-23,27-29,32,40H,3-5,7-13,15-16,24-26H2,1-2H3. The number of aliphatic hydroxyl groups excluding tert-OH is 1. The maximum atomic E-state index is 11.6. The zero-order valence-electron chi connectivity index (χ0n) is 25.9. The molecule has 0 amide bonds. The summed E-state index contributed by atoms with van der Waals surface area (Å²) >= 11 is 0. The van der Waals surface area contributed by atoms with Gasteiger partial charge in [-0.3, -0.25) is 0 Å². The smallest absolute Gasteiger partial charge is 0.330 e. The molecule has 1 N–H and O–H groups in total. The highest BCUT2D eigenvalue weighted by molar-refractivity contribution is 5.81. The first-order valence-electron chi connectivity index (χ1n) is 16.3. The molecule has 0 radical (unpaired) electrons. The number of aliphatic hydroxyl groups is 1. The number of carbonyl (C=O) groups is 1. The van der Waals surface area contributed by atoms with E-state index in [1.54, 1.807) is 0 Å². The van der Waals surface area contributed by atoms with Gasteiger partial charge in [-0.15, -0.1) is 0 Å². The summed E-state index contributed by atoms with van der Waals surface area (Å²) in [5.41, 5.74) is 10.1. The lowest BCUT2D eigenvalue weighted by Crippen LogP contribution is -2.13. The molecule has 42 heavy (non-hydrogen) atoms. The lowest BCUT2D eigenvalue weighted by molar-refractivity contribution is -0.137. The molecule has 3 aromatic rings. The lowest BCUT2D eigenvalue weighted by atomic mass is 9.77. The Labute approximate surface area is 254 Å². The maximum Gasteiger partial charge on any atom is 0.330 e. The topological polar surface area (TPSA) is 46.5 Å². The van der Waals surface area contributed by atoms with Gasteiger partial charge in [0, 0.05) is 19.1 Å². The number of aryl methyl sites for hydroxylation is 2. The molecule has 1 saturated carbocycles. The van der Waals surface area contributed by atoms with E-state index in [9.17, 15) is 9.90 Å². The van der Waals surface area contributed by atoms with E-state index < -0.39 is 5.97 Å². The van der Waals surface area contributed by atoms with Gasteiger partial charge in [-0.25, -0.2) is 4.79 Å². The number of esters is 1. The Balaban J connectivity index is 1.50. The fourth-order valence-corrected chi connectivity index (χ4v) is 6.63. The third kappa shape index (κ3) is 8.67. The van der Waals surface area contributed by atoms with Crippen LogP contribution in [0, 0.1) is 5.92 Å². The van der Waals surface area contributed by atoms with E-state index >= 15 is 0 Å². The lowest BCUT2D eigenvalue weighted by Gasteiger charge is -2.29. The highest BCUT2D eigenvalue weighted by Gasteiger charge is 2.22. The number of hydrogen-bond acceptors (Lipinski definition) is 3. The molecule has 0 unspecified atom stereocenters. The number of unbranched alkanes of at least 4 members (excludes halogenated alkanes) is 2. The minimum Gasteiger partial charge on any atom is -0.462 e. The van der Waals surface area contributed by atoms with Crippen LogP contribution in [0.15, 0.2) is 73.3 Å². The van der Waals surface area contributed by atoms with Crippen molar-refractivity contribution in [2.24, 2.45) is 5.92 Å². The number of hydrogen-bond donors (Lipinski definition) is 1. The van der Waals surface area contributed by atoms with Crippen LogP contribution in [0.2, 0.25) is 0 Å². The summed E-state index contributed by atoms with van der Waals surface area (Å²) in [6.07, 6.45) is 15.3. The monoisotopic (exact) mass is 566 g/mol. The summed E-state index contributed by atoms with van der Waals surface area (Å²) in [5, 5.41) is 9.29. The molecule has 1 aliphatic rings. The predicted octanol–water partition coefficient (Wildman–Crippen LogP) is 9.63. The van der Waals surface area contributed by atoms with Crippen molar-refractivity contribution < 1.29 is 14.6 Å². The Bertz CT molecular complexity index is 1280. The van der Waals surface area contributed by atoms with Gasteiger partial charge in [-0.05, 0) is 101 Å². The van der Waals surface area contributed by atoms with Gasteiger partial charge in [0.25, 0.3) is 0 Å². The molecular formula is C39H50O3. The molecule has 0 bridgehead atoms. The van der Waals surface area contributed by atoms with Gasteiger partial charge >= 0.3 is 5.97 Å². The van der Waals surface area contributed by atoms with Gasteiger partial charge in [-0.2, -0.15) is 0 Å². The molecule has 3 aromatic carbocycles. The van der Waals surface area contributed by atoms with E-state index in [4.69, 9.17) is 4.74 Å². The Kier molecular flexibility index (Phi) is 12.4. The van der Waals surface area contributed by atoms with Gasteiger partial charge in [0.05, 0.1) is 6.61 Å². The molecule has 0 atom stereocenters. The van der Waals surface area contributed by atoms with E-state index in [2.05, 4.69) is 81.1 Å². The van der Waals surface area contributed by atoms with E-state index in [1.165, 1.54) is 96.4 Å². The molecule has 1 aliphatic carbocycles. The summed E-state index contributed by atoms with van der Waals surface area (Å²) in [4.78, 5) is 11.6. The Morgan fingerprint density at radius 3 is 2.26 bits per heavy atom. The van der Waals surface area contributed by atoms with Crippen LogP contribution in [0.25, 0.3) is 22.3 Å². The average molecular weight is 567 g/mol. The maximum absolute atomic E-state index is 11.6. The fraction of sp³-hybridized carbons (Fsp3) is 0.462. The summed E-state index contributed by atoms with van der Waals surface area (Å²) in [6.45, 7) is 8.51. The van der Waals surface area contributed by atoms with Crippen LogP contribution in [0.3, 0.4) is 0 Å². The molecule has 0 spiro atoms. The Morgan fingerprint density at radius 2 is 1.57 bits per heavy atom. The van der Waals surface area contributed by atoms with Crippen LogP contribution >= 0.6 is 0 Å². The van der Waals surface area contributed by atoms with Crippen molar-refractivity contribution in [3.63, 3.8) is 0 Å². The van der Waals surface area contributed by atoms with Gasteiger partial charge in [0.15, 0.2) is 0 Å². The van der Waals surface area contributed by atoms with E-state index in [1.807, 2.05) is 0 Å². The number of rotatable bonds is 15. The Morgan fingerprint density at radius 1 is 0.857 bits per heavy atom. The first kappa shape index (κ1) is 31.8. The fourth-order valence-electron chi connectivity index (χ4n) is 6.63. The first-order chi connectivity index (χ1) is 20.6. The second kappa shape index (κ2) is 16.5. The van der Waals surface area contributed by atoms with Crippen molar-refractivity contribution in [1.29, 1.82) is 0 Å². The summed E-state index contributed by atoms with van der Waals surface area (Å²) in [6, 6.07) is 22.8. The minimum absolute atomic E-state index is 0.177. The second-order valence-corrected chi connectivity index (χ2v) is 12.0. The average Bonchev–Trinajstić information content (AvgIpc) is 3.04. The van der Waals surface area contributed by atoms with Gasteiger partial charge < -0.3 is 9.84 Å². The third-order valence-corrected chi connectivity index (χ3v) is 9.13. The van der Waals surface area contributed by atoms with Crippen molar-refractivity contribution in [1.82, 2.24) is 0 Å². The highest BCUT2D eigenvalue weighted by atomic mass is 16.5. The molecule has 0 aliphatic heterocycles. The molecule has 1 fully saturated rings. The quantitative estimate of drug-likeness (QED) is 0.113. The summed E-state index contributed by atoms with van der Waals surface area (Å²) in [7, 11) is 0. The van der Waals surface area contributed by atoms with E-state index in [0.29, 0.717) is 18.9 Å². The van der Waals surface area contributed by atoms with Gasteiger partial charge in [0.1, 0.15) is 0 Å². The molecule has 4 rings (SSSR count). The molecule has 0 heterocycles. The third-order valence-electron chi connectivity index (χ3n) is 9.13. The van der Waals surface area contributed by atoms with Gasteiger partial charge in [0.2, 0.25) is 0 Å². The van der Waals surface area contributed by atoms with Crippen LogP contribution in [-0.4, -0.2) is 24.3 Å². The van der Waals surface area contributed by atoms with E-state index in [-0.39, 0.29) is 6.61 Å². The Hall–Kier alpha value is -3.17. The van der Waals surface area contributed by atoms with Crippen molar-refractivity contribution >= 4 is 5.97 Å². The molecule has 0 saturated heterocycles. The zero-order valence-corrected chi connectivity index (χ0v) is 25.9. The van der Waals surface area contributed by atoms with Crippen molar-refractivity contribution in [2.75, 3.05) is 13.2 Å². The van der Waals surface area contributed by atoms with Crippen molar-refractivity contribution in [3.8, 4) is 22.3 Å². The van der Waals surface area contributed by atoms with Crippen LogP contribution in [0.4, 0.5) is 0 Å². The molecule has 0 aromatic heterocycles. The van der Waals surface area contributed by atoms with Crippen LogP contribution in [0.1, 0.15) is 99.8 Å². The highest BCUT2D eigenvalue weighted by Crippen LogP contribution is 2.39. The SMILES string of the molecule is C=CC(=O)OCCc1cc(CCCO)ccc1-c1ccc(-c2ccc(C3CCC(CCCCC)CC3)cc2)c(CC)c1. The molecular weight excluding hydrogens is 516 g/mol. The second-order valence-electron chi connectivity index (χ2n) is 12.0. The first-order valence-corrected chi connectivity index (χ1v) is 16.3. The molecule has 224 valence electrons. The van der Waals surface area contributed by atoms with E-state index in [0.717, 1.165) is 30.7 Å². The zero-order chi connectivity index (χ0) is 29.7. The van der Waals surface area contributed by atoms with Gasteiger partial charge in [-0.1, -0.05) is 107 Å². The minimum atomic E-state index is -0.397. The number of ether oxygens (including phenoxy) is 1. The summed E-state index contributed by atoms with van der Waals surface area (Å²) in [5.74, 6) is 1.25. The molecule has 3 nitrogen and oxygen atoms in total. The van der Waals surface area contributed by atoms with Crippen molar-refractivity contribution in [3.05, 3.63) is 95.6 Å². The molecule has 3 heteroatoms. The number of benzene rings is 3. The summed E-state index contributed by atoms with van der Waals surface area (Å²) < 4.78 is 5.31. The predicted molar refractivity (Wildman–Crippen MR) is 176 cm³/mol. The number of carbonyl (C=O) groups excluding carboxylic acids is 1. The van der Waals surface area contributed by atoms with Crippen LogP contribution in [-0.2, 0) is 28.8 Å². The normalized spacial score (nSPS) is 16.7. The van der Waals surface area contributed by atoms with Crippen LogP contribution in [0.5, 0.6) is 0 Å². The van der Waals surface area contributed by atoms with Crippen LogP contribution < -0.4 is 0 Å².